The number of benzene rings is 1. The SMILES string of the molecule is O=C1C=C[C@@H]([C@H](Nc2ccccc2)C2CCCCC2)O1. The lowest BCUT2D eigenvalue weighted by Crippen LogP contribution is -2.40. The van der Waals surface area contributed by atoms with Crippen LogP contribution >= 0.6 is 0 Å². The van der Waals surface area contributed by atoms with E-state index in [0.29, 0.717) is 5.92 Å². The lowest BCUT2D eigenvalue weighted by atomic mass is 9.81. The van der Waals surface area contributed by atoms with Crippen molar-refractivity contribution < 1.29 is 9.53 Å². The van der Waals surface area contributed by atoms with Crippen molar-refractivity contribution in [2.24, 2.45) is 5.92 Å². The third-order valence-corrected chi connectivity index (χ3v) is 4.29. The summed E-state index contributed by atoms with van der Waals surface area (Å²) in [4.78, 5) is 11.4. The molecule has 0 radical (unpaired) electrons. The zero-order chi connectivity index (χ0) is 13.8. The molecule has 1 aliphatic heterocycles. The van der Waals surface area contributed by atoms with Crippen LogP contribution in [0.3, 0.4) is 0 Å². The number of hydrogen-bond acceptors (Lipinski definition) is 3. The number of carbonyl (C=O) groups excluding carboxylic acids is 1. The van der Waals surface area contributed by atoms with Crippen LogP contribution in [0.5, 0.6) is 0 Å². The van der Waals surface area contributed by atoms with Crippen molar-refractivity contribution in [2.45, 2.75) is 44.2 Å². The van der Waals surface area contributed by atoms with Crippen LogP contribution in [0.25, 0.3) is 0 Å². The zero-order valence-corrected chi connectivity index (χ0v) is 11.6. The first kappa shape index (κ1) is 13.2. The van der Waals surface area contributed by atoms with E-state index in [1.165, 1.54) is 32.1 Å². The summed E-state index contributed by atoms with van der Waals surface area (Å²) in [6.07, 6.45) is 9.63. The number of anilines is 1. The van der Waals surface area contributed by atoms with Crippen LogP contribution in [0, 0.1) is 5.92 Å². The molecule has 0 unspecified atom stereocenters. The fourth-order valence-electron chi connectivity index (χ4n) is 3.27. The molecule has 0 bridgehead atoms. The number of rotatable bonds is 4. The summed E-state index contributed by atoms with van der Waals surface area (Å²) in [5.74, 6) is 0.357. The van der Waals surface area contributed by atoms with Crippen LogP contribution in [0.4, 0.5) is 5.69 Å². The summed E-state index contributed by atoms with van der Waals surface area (Å²) in [6, 6.07) is 10.4. The zero-order valence-electron chi connectivity index (χ0n) is 11.6. The van der Waals surface area contributed by atoms with Crippen LogP contribution in [0.15, 0.2) is 42.5 Å². The number of esters is 1. The number of carbonyl (C=O) groups is 1. The summed E-state index contributed by atoms with van der Waals surface area (Å²) >= 11 is 0. The van der Waals surface area contributed by atoms with Gasteiger partial charge in [-0.3, -0.25) is 0 Å². The quantitative estimate of drug-likeness (QED) is 0.851. The highest BCUT2D eigenvalue weighted by Gasteiger charge is 2.33. The molecule has 1 aromatic rings. The van der Waals surface area contributed by atoms with Crippen molar-refractivity contribution >= 4 is 11.7 Å². The molecule has 0 amide bonds. The normalized spacial score (nSPS) is 24.4. The van der Waals surface area contributed by atoms with Gasteiger partial charge in [-0.2, -0.15) is 0 Å². The second kappa shape index (κ2) is 6.12. The molecule has 2 aliphatic rings. The van der Waals surface area contributed by atoms with E-state index in [9.17, 15) is 4.79 Å². The van der Waals surface area contributed by atoms with E-state index in [1.54, 1.807) is 6.08 Å². The Labute approximate surface area is 120 Å². The molecule has 3 rings (SSSR count). The minimum absolute atomic E-state index is 0.134. The van der Waals surface area contributed by atoms with Crippen LogP contribution < -0.4 is 5.32 Å². The molecule has 3 nitrogen and oxygen atoms in total. The van der Waals surface area contributed by atoms with Gasteiger partial charge in [-0.1, -0.05) is 37.5 Å². The summed E-state index contributed by atoms with van der Waals surface area (Å²) in [5.41, 5.74) is 1.10. The number of ether oxygens (including phenoxy) is 1. The molecule has 1 aromatic carbocycles. The largest absolute Gasteiger partial charge is 0.453 e. The van der Waals surface area contributed by atoms with Gasteiger partial charge in [0.05, 0.1) is 6.04 Å². The third-order valence-electron chi connectivity index (χ3n) is 4.29. The second-order valence-corrected chi connectivity index (χ2v) is 5.69. The Balaban J connectivity index is 1.75. The van der Waals surface area contributed by atoms with Crippen molar-refractivity contribution in [3.63, 3.8) is 0 Å². The predicted octanol–water partition coefficient (Wildman–Crippen LogP) is 3.53. The average molecular weight is 271 g/mol. The Kier molecular flexibility index (Phi) is 4.05. The molecule has 0 saturated heterocycles. The van der Waals surface area contributed by atoms with Gasteiger partial charge in [0.15, 0.2) is 0 Å². The van der Waals surface area contributed by atoms with E-state index in [-0.39, 0.29) is 18.1 Å². The fourth-order valence-corrected chi connectivity index (χ4v) is 3.27. The van der Waals surface area contributed by atoms with E-state index >= 15 is 0 Å². The molecule has 1 fully saturated rings. The van der Waals surface area contributed by atoms with Gasteiger partial charge in [0.25, 0.3) is 0 Å². The molecule has 1 heterocycles. The summed E-state index contributed by atoms with van der Waals surface area (Å²) < 4.78 is 5.44. The first-order valence-corrected chi connectivity index (χ1v) is 7.53. The van der Waals surface area contributed by atoms with Gasteiger partial charge in [-0.05, 0) is 37.0 Å². The van der Waals surface area contributed by atoms with Crippen LogP contribution in [-0.4, -0.2) is 18.1 Å². The maximum absolute atomic E-state index is 11.4. The van der Waals surface area contributed by atoms with Crippen molar-refractivity contribution in [2.75, 3.05) is 5.32 Å². The standard InChI is InChI=1S/C17H21NO2/c19-16-12-11-15(20-16)17(13-7-3-1-4-8-13)18-14-9-5-2-6-10-14/h2,5-6,9-13,15,17-18H,1,3-4,7-8H2/t15-,17+/m0/s1. The Morgan fingerprint density at radius 1 is 1.10 bits per heavy atom. The number of hydrogen-bond donors (Lipinski definition) is 1. The first-order chi connectivity index (χ1) is 9.83. The van der Waals surface area contributed by atoms with Gasteiger partial charge >= 0.3 is 5.97 Å². The molecule has 2 atom stereocenters. The summed E-state index contributed by atoms with van der Waals surface area (Å²) in [5, 5.41) is 3.58. The van der Waals surface area contributed by atoms with Crippen molar-refractivity contribution in [1.29, 1.82) is 0 Å². The Hall–Kier alpha value is -1.77. The molecule has 20 heavy (non-hydrogen) atoms. The minimum Gasteiger partial charge on any atom is -0.453 e. The monoisotopic (exact) mass is 271 g/mol. The van der Waals surface area contributed by atoms with Crippen LogP contribution in [0.1, 0.15) is 32.1 Å². The number of nitrogens with one attached hydrogen (secondary N) is 1. The molecule has 1 aliphatic carbocycles. The van der Waals surface area contributed by atoms with Crippen LogP contribution in [-0.2, 0) is 9.53 Å². The molecule has 106 valence electrons. The maximum atomic E-state index is 11.4. The topological polar surface area (TPSA) is 38.3 Å². The highest BCUT2D eigenvalue weighted by Crippen LogP contribution is 2.31. The van der Waals surface area contributed by atoms with Crippen molar-refractivity contribution in [1.82, 2.24) is 0 Å². The Morgan fingerprint density at radius 3 is 2.50 bits per heavy atom. The molecular weight excluding hydrogens is 250 g/mol. The molecule has 1 saturated carbocycles. The van der Waals surface area contributed by atoms with E-state index in [1.807, 2.05) is 24.3 Å². The molecule has 0 spiro atoms. The fraction of sp³-hybridized carbons (Fsp3) is 0.471. The smallest absolute Gasteiger partial charge is 0.331 e. The number of cyclic esters (lactones) is 1. The predicted molar refractivity (Wildman–Crippen MR) is 79.4 cm³/mol. The lowest BCUT2D eigenvalue weighted by molar-refractivity contribution is -0.139. The molecule has 1 N–H and O–H groups in total. The highest BCUT2D eigenvalue weighted by molar-refractivity contribution is 5.84. The van der Waals surface area contributed by atoms with Gasteiger partial charge in [0.1, 0.15) is 6.10 Å². The van der Waals surface area contributed by atoms with Gasteiger partial charge in [-0.15, -0.1) is 0 Å². The van der Waals surface area contributed by atoms with Gasteiger partial charge in [-0.25, -0.2) is 4.79 Å². The summed E-state index contributed by atoms with van der Waals surface area (Å²) in [7, 11) is 0. The Morgan fingerprint density at radius 2 is 1.85 bits per heavy atom. The minimum atomic E-state index is -0.217. The first-order valence-electron chi connectivity index (χ1n) is 7.53. The second-order valence-electron chi connectivity index (χ2n) is 5.69. The van der Waals surface area contributed by atoms with E-state index < -0.39 is 0 Å². The van der Waals surface area contributed by atoms with Gasteiger partial charge < -0.3 is 10.1 Å². The van der Waals surface area contributed by atoms with E-state index in [2.05, 4.69) is 17.4 Å². The van der Waals surface area contributed by atoms with E-state index in [0.717, 1.165) is 5.69 Å². The van der Waals surface area contributed by atoms with Crippen LogP contribution in [0.2, 0.25) is 0 Å². The number of para-hydroxylation sites is 1. The van der Waals surface area contributed by atoms with Gasteiger partial charge in [0, 0.05) is 11.8 Å². The molecule has 3 heteroatoms. The average Bonchev–Trinajstić information content (AvgIpc) is 2.93. The molecule has 0 aromatic heterocycles. The molecular formula is C17H21NO2. The van der Waals surface area contributed by atoms with Gasteiger partial charge in [0.2, 0.25) is 0 Å². The third kappa shape index (κ3) is 3.03. The maximum Gasteiger partial charge on any atom is 0.331 e. The van der Waals surface area contributed by atoms with Crippen molar-refractivity contribution in [3.8, 4) is 0 Å². The van der Waals surface area contributed by atoms with E-state index in [4.69, 9.17) is 4.74 Å². The summed E-state index contributed by atoms with van der Waals surface area (Å²) in [6.45, 7) is 0. The lowest BCUT2D eigenvalue weighted by Gasteiger charge is -2.34. The van der Waals surface area contributed by atoms with Crippen molar-refractivity contribution in [3.05, 3.63) is 42.5 Å². The Bertz CT molecular complexity index is 477. The highest BCUT2D eigenvalue weighted by atomic mass is 16.5.